The second-order valence-electron chi connectivity index (χ2n) is 9.94. The number of thiol groups is 2. The lowest BCUT2D eigenvalue weighted by Crippen LogP contribution is -2.29. The Bertz CT molecular complexity index is 1870. The fourth-order valence-electron chi connectivity index (χ4n) is 5.27. The van der Waals surface area contributed by atoms with Crippen LogP contribution in [0.3, 0.4) is 0 Å². The third kappa shape index (κ3) is 5.58. The Kier molecular flexibility index (Phi) is 7.32. The Morgan fingerprint density at radius 2 is 1.74 bits per heavy atom. The number of hydrogen-bond donors (Lipinski definition) is 5. The van der Waals surface area contributed by atoms with Crippen molar-refractivity contribution >= 4 is 72.1 Å². The Morgan fingerprint density at radius 3 is 2.56 bits per heavy atom. The number of rotatable bonds is 2. The number of nitrogens with two attached hydrogens (primary N) is 2. The molecule has 23 heteroatoms. The van der Waals surface area contributed by atoms with E-state index in [1.165, 1.54) is 11.0 Å². The number of ether oxygens (including phenoxy) is 2. The highest BCUT2D eigenvalue weighted by Gasteiger charge is 2.47. The van der Waals surface area contributed by atoms with Gasteiger partial charge in [-0.15, -0.1) is 5.10 Å². The van der Waals surface area contributed by atoms with Crippen molar-refractivity contribution in [1.82, 2.24) is 39.5 Å². The third-order valence-corrected chi connectivity index (χ3v) is 10.4. The van der Waals surface area contributed by atoms with Crippen LogP contribution in [0.25, 0.3) is 22.2 Å². The van der Waals surface area contributed by atoms with Crippen molar-refractivity contribution in [3.05, 3.63) is 28.9 Å². The van der Waals surface area contributed by atoms with E-state index in [1.807, 2.05) is 0 Å². The summed E-state index contributed by atoms with van der Waals surface area (Å²) in [4.78, 5) is 27.0. The van der Waals surface area contributed by atoms with E-state index in [2.05, 4.69) is 54.7 Å². The van der Waals surface area contributed by atoms with Crippen molar-refractivity contribution in [3.63, 3.8) is 0 Å². The predicted molar refractivity (Wildman–Crippen MR) is 154 cm³/mol. The number of hydrogen-bond acceptors (Lipinski definition) is 16. The number of nitrogens with one attached hydrogen (secondary N) is 1. The molecule has 0 amide bonds. The van der Waals surface area contributed by atoms with Crippen molar-refractivity contribution < 1.29 is 36.7 Å². The summed E-state index contributed by atoms with van der Waals surface area (Å²) >= 11 is 8.34. The van der Waals surface area contributed by atoms with Gasteiger partial charge in [-0.25, -0.2) is 19.1 Å². The molecule has 0 aliphatic carbocycles. The van der Waals surface area contributed by atoms with Crippen LogP contribution in [0.5, 0.6) is 0 Å². The lowest BCUT2D eigenvalue weighted by atomic mass is 10.2. The van der Waals surface area contributed by atoms with Crippen LogP contribution in [-0.2, 0) is 36.7 Å². The molecule has 2 unspecified atom stereocenters. The first-order chi connectivity index (χ1) is 20.5. The van der Waals surface area contributed by atoms with Gasteiger partial charge in [0.25, 0.3) is 5.56 Å². The van der Waals surface area contributed by atoms with Crippen molar-refractivity contribution in [3.8, 4) is 0 Å². The first-order valence-corrected chi connectivity index (χ1v) is 18.2. The number of nitrogen functional groups attached to an aromatic ring is 2. The Balaban J connectivity index is 1.17. The fraction of sp³-hybridized carbons (Fsp3) is 0.500. The molecular formula is C20H24N10O9P2S2. The summed E-state index contributed by atoms with van der Waals surface area (Å²) in [6.07, 6.45) is -1.98. The van der Waals surface area contributed by atoms with Gasteiger partial charge < -0.3 is 25.5 Å². The van der Waals surface area contributed by atoms with Crippen LogP contribution >= 0.6 is 38.1 Å². The number of anilines is 2. The molecule has 7 heterocycles. The van der Waals surface area contributed by atoms with Gasteiger partial charge in [-0.05, 0) is 6.07 Å². The number of fused-ring (bicyclic) bond motifs is 5. The van der Waals surface area contributed by atoms with E-state index < -0.39 is 56.0 Å². The highest BCUT2D eigenvalue weighted by atomic mass is 32.7. The second-order valence-corrected chi connectivity index (χ2v) is 15.7. The van der Waals surface area contributed by atoms with E-state index in [1.54, 1.807) is 16.8 Å². The number of aromatic nitrogens is 8. The molecule has 3 aliphatic rings. The molecule has 0 aromatic carbocycles. The van der Waals surface area contributed by atoms with Crippen LogP contribution in [0.15, 0.2) is 23.4 Å². The highest BCUT2D eigenvalue weighted by Crippen LogP contribution is 2.60. The molecule has 2 bridgehead atoms. The van der Waals surface area contributed by atoms with Crippen LogP contribution < -0.4 is 17.0 Å². The van der Waals surface area contributed by atoms with Crippen LogP contribution in [0.4, 0.5) is 11.8 Å². The van der Waals surface area contributed by atoms with Crippen molar-refractivity contribution in [2.45, 2.75) is 49.7 Å². The molecule has 5 N–H and O–H groups in total. The standard InChI is InChI=1S/C20H24N10O9P2S2/c21-15-9-1-2-29(16(9)24-7-23-15)13-4-10-12(37-13)6-35-41(33,43)39-11-3-8(5-34-40(32,42)38-10)36-19(11)30-17-14(27-28-30)18(31)26-20(22)25-17/h1-2,7-8,10-13,19H,3-6H2,(H,32,42)(H,33,43)(H2,21,23,24)(H3,22,25,26,31)/t8-,10-,11-,12+,13+,19+,40?,41?/m0/s1. The van der Waals surface area contributed by atoms with Gasteiger partial charge in [0, 0.05) is 19.0 Å². The molecule has 0 saturated carbocycles. The van der Waals surface area contributed by atoms with Crippen molar-refractivity contribution in [1.29, 1.82) is 0 Å². The molecule has 19 nitrogen and oxygen atoms in total. The molecule has 8 atom stereocenters. The summed E-state index contributed by atoms with van der Waals surface area (Å²) in [5.74, 6) is 0.119. The minimum atomic E-state index is -4.09. The molecule has 3 saturated heterocycles. The van der Waals surface area contributed by atoms with Crippen LogP contribution in [0.2, 0.25) is 0 Å². The van der Waals surface area contributed by atoms with E-state index in [9.17, 15) is 13.9 Å². The second kappa shape index (κ2) is 10.8. The monoisotopic (exact) mass is 674 g/mol. The van der Waals surface area contributed by atoms with E-state index in [4.69, 9.17) is 39.0 Å². The van der Waals surface area contributed by atoms with Gasteiger partial charge in [-0.3, -0.25) is 27.9 Å². The molecule has 43 heavy (non-hydrogen) atoms. The maximum atomic E-state index is 13.5. The summed E-state index contributed by atoms with van der Waals surface area (Å²) in [6, 6.07) is 1.74. The van der Waals surface area contributed by atoms with E-state index in [0.29, 0.717) is 16.9 Å². The normalized spacial score (nSPS) is 35.4. The summed E-state index contributed by atoms with van der Waals surface area (Å²) < 4.78 is 64.8. The number of H-pyrrole nitrogens is 1. The van der Waals surface area contributed by atoms with Crippen molar-refractivity contribution in [2.24, 2.45) is 0 Å². The van der Waals surface area contributed by atoms with Gasteiger partial charge in [0.2, 0.25) is 5.95 Å². The average Bonchev–Trinajstić information content (AvgIpc) is 3.71. The molecular weight excluding hydrogens is 650 g/mol. The zero-order valence-electron chi connectivity index (χ0n) is 21.8. The van der Waals surface area contributed by atoms with E-state index >= 15 is 0 Å². The molecule has 0 radical (unpaired) electrons. The molecule has 230 valence electrons. The largest absolute Gasteiger partial charge is 0.386 e. The minimum absolute atomic E-state index is 0.00143. The van der Waals surface area contributed by atoms with Crippen molar-refractivity contribution in [2.75, 3.05) is 24.7 Å². The number of nitrogens with zero attached hydrogens (tertiary/aromatic N) is 7. The molecule has 3 fully saturated rings. The fourth-order valence-corrected chi connectivity index (χ4v) is 8.30. The maximum absolute atomic E-state index is 13.5. The van der Waals surface area contributed by atoms with Gasteiger partial charge >= 0.3 is 13.6 Å². The summed E-state index contributed by atoms with van der Waals surface area (Å²) in [6.45, 7) is -8.66. The molecule has 4 aromatic rings. The zero-order chi connectivity index (χ0) is 30.1. The lowest BCUT2D eigenvalue weighted by molar-refractivity contribution is -0.0599. The van der Waals surface area contributed by atoms with Gasteiger partial charge in [0.05, 0.1) is 24.7 Å². The molecule has 4 aromatic heterocycles. The summed E-state index contributed by atoms with van der Waals surface area (Å²) in [7, 11) is 0. The average molecular weight is 675 g/mol. The predicted octanol–water partition coefficient (Wildman–Crippen LogP) is 1.59. The summed E-state index contributed by atoms with van der Waals surface area (Å²) in [5.41, 5.74) is 11.5. The van der Waals surface area contributed by atoms with Gasteiger partial charge in [0.1, 0.15) is 42.3 Å². The topological polar surface area (TPSA) is 249 Å². The van der Waals surface area contributed by atoms with E-state index in [-0.39, 0.29) is 43.2 Å². The minimum Gasteiger partial charge on any atom is -0.383 e. The molecule has 7 rings (SSSR count). The zero-order valence-corrected chi connectivity index (χ0v) is 25.4. The van der Waals surface area contributed by atoms with Gasteiger partial charge in [-0.1, -0.05) is 29.7 Å². The van der Waals surface area contributed by atoms with Crippen LogP contribution in [-0.4, -0.2) is 77.1 Å². The van der Waals surface area contributed by atoms with Gasteiger partial charge in [0.15, 0.2) is 17.4 Å². The van der Waals surface area contributed by atoms with Gasteiger partial charge in [-0.2, -0.15) is 9.67 Å². The molecule has 0 spiro atoms. The maximum Gasteiger partial charge on any atom is 0.386 e. The quantitative estimate of drug-likeness (QED) is 0.150. The first-order valence-electron chi connectivity index (χ1n) is 12.8. The highest BCUT2D eigenvalue weighted by molar-refractivity contribution is 8.44. The van der Waals surface area contributed by atoms with Crippen LogP contribution in [0, 0.1) is 0 Å². The number of aromatic amines is 1. The Morgan fingerprint density at radius 1 is 0.977 bits per heavy atom. The smallest absolute Gasteiger partial charge is 0.383 e. The Labute approximate surface area is 251 Å². The Hall–Kier alpha value is -2.58. The lowest BCUT2D eigenvalue weighted by Gasteiger charge is -2.25. The van der Waals surface area contributed by atoms with Crippen LogP contribution in [0.1, 0.15) is 25.3 Å². The summed E-state index contributed by atoms with van der Waals surface area (Å²) in [5, 5.41) is 8.44. The third-order valence-electron chi connectivity index (χ3n) is 7.13. The molecule has 3 aliphatic heterocycles. The van der Waals surface area contributed by atoms with E-state index in [0.717, 1.165) is 0 Å². The SMILES string of the molecule is Nc1nc2c(nnn2[C@@H]2O[C@@H]3COP(=O)(S)O[C@H]4C[C@H](n5ccc6c(N)ncnc65)O[C@@H]4COP(=O)(S)O[C@H]2C3)c(=O)[nH]1. The first kappa shape index (κ1) is 29.1.